The molecule has 1 amide bonds. The summed E-state index contributed by atoms with van der Waals surface area (Å²) in [5, 5.41) is 1.26. The van der Waals surface area contributed by atoms with Gasteiger partial charge in [-0.15, -0.1) is 0 Å². The summed E-state index contributed by atoms with van der Waals surface area (Å²) in [6.45, 7) is 6.29. The molecule has 0 radical (unpaired) electrons. The largest absolute Gasteiger partial charge is 0.449 e. The number of hydrogen-bond donors (Lipinski definition) is 0. The first-order valence-corrected chi connectivity index (χ1v) is 9.58. The van der Waals surface area contributed by atoms with Crippen molar-refractivity contribution < 1.29 is 9.53 Å². The number of rotatable bonds is 4. The highest BCUT2D eigenvalue weighted by molar-refractivity contribution is 9.10. The summed E-state index contributed by atoms with van der Waals surface area (Å²) in [6, 6.07) is 7.04. The number of unbranched alkanes of at least 4 members (excludes halogenated alkanes) is 1. The number of piperidine rings is 1. The highest BCUT2D eigenvalue weighted by atomic mass is 79.9. The zero-order valence-corrected chi connectivity index (χ0v) is 16.0. The SMILES string of the molecule is CCCCOC(=O)N1CCC(n2ccc3cc(Br)c(C)cc32)CC1. The molecular formula is C19H25BrN2O2. The van der Waals surface area contributed by atoms with Crippen molar-refractivity contribution in [3.8, 4) is 0 Å². The fourth-order valence-electron chi connectivity index (χ4n) is 3.32. The third-order valence-electron chi connectivity index (χ3n) is 4.84. The van der Waals surface area contributed by atoms with Crippen molar-refractivity contribution in [3.05, 3.63) is 34.4 Å². The molecule has 24 heavy (non-hydrogen) atoms. The number of amides is 1. The third-order valence-corrected chi connectivity index (χ3v) is 5.69. The molecule has 0 bridgehead atoms. The molecule has 0 unspecified atom stereocenters. The molecule has 3 rings (SSSR count). The van der Waals surface area contributed by atoms with Gasteiger partial charge in [-0.3, -0.25) is 0 Å². The zero-order chi connectivity index (χ0) is 17.1. The van der Waals surface area contributed by atoms with Crippen LogP contribution in [0.3, 0.4) is 0 Å². The minimum atomic E-state index is -0.154. The van der Waals surface area contributed by atoms with Crippen molar-refractivity contribution in [1.82, 2.24) is 9.47 Å². The predicted octanol–water partition coefficient (Wildman–Crippen LogP) is 5.29. The summed E-state index contributed by atoms with van der Waals surface area (Å²) >= 11 is 3.60. The monoisotopic (exact) mass is 392 g/mol. The molecule has 0 N–H and O–H groups in total. The van der Waals surface area contributed by atoms with Gasteiger partial charge in [-0.05, 0) is 49.9 Å². The van der Waals surface area contributed by atoms with E-state index < -0.39 is 0 Å². The second-order valence-electron chi connectivity index (χ2n) is 6.57. The van der Waals surface area contributed by atoms with E-state index in [4.69, 9.17) is 4.74 Å². The van der Waals surface area contributed by atoms with Crippen LogP contribution in [0, 0.1) is 6.92 Å². The van der Waals surface area contributed by atoms with E-state index in [0.717, 1.165) is 43.2 Å². The van der Waals surface area contributed by atoms with Crippen LogP contribution in [0.5, 0.6) is 0 Å². The molecular weight excluding hydrogens is 368 g/mol. The Balaban J connectivity index is 1.65. The third kappa shape index (κ3) is 3.61. The Bertz CT molecular complexity index is 717. The van der Waals surface area contributed by atoms with Gasteiger partial charge in [-0.2, -0.15) is 0 Å². The second kappa shape index (κ2) is 7.60. The number of hydrogen-bond acceptors (Lipinski definition) is 2. The summed E-state index contributed by atoms with van der Waals surface area (Å²) in [5.41, 5.74) is 2.53. The summed E-state index contributed by atoms with van der Waals surface area (Å²) < 4.78 is 8.84. The molecule has 0 aliphatic carbocycles. The van der Waals surface area contributed by atoms with E-state index in [2.05, 4.69) is 58.7 Å². The summed E-state index contributed by atoms with van der Waals surface area (Å²) in [6.07, 6.45) is 5.96. The number of fused-ring (bicyclic) bond motifs is 1. The number of likely N-dealkylation sites (tertiary alicyclic amines) is 1. The van der Waals surface area contributed by atoms with Crippen LogP contribution < -0.4 is 0 Å². The van der Waals surface area contributed by atoms with E-state index >= 15 is 0 Å². The van der Waals surface area contributed by atoms with Gasteiger partial charge in [0, 0.05) is 40.7 Å². The predicted molar refractivity (Wildman–Crippen MR) is 100 cm³/mol. The van der Waals surface area contributed by atoms with Crippen LogP contribution in [0.4, 0.5) is 4.79 Å². The maximum atomic E-state index is 12.1. The Kier molecular flexibility index (Phi) is 5.49. The van der Waals surface area contributed by atoms with Crippen molar-refractivity contribution in [2.75, 3.05) is 19.7 Å². The molecule has 130 valence electrons. The average molecular weight is 393 g/mol. The maximum absolute atomic E-state index is 12.1. The van der Waals surface area contributed by atoms with E-state index in [1.54, 1.807) is 0 Å². The maximum Gasteiger partial charge on any atom is 0.409 e. The lowest BCUT2D eigenvalue weighted by molar-refractivity contribution is 0.0878. The number of carbonyl (C=O) groups excluding carboxylic acids is 1. The quantitative estimate of drug-likeness (QED) is 0.662. The fraction of sp³-hybridized carbons (Fsp3) is 0.526. The van der Waals surface area contributed by atoms with Gasteiger partial charge in [0.2, 0.25) is 0 Å². The van der Waals surface area contributed by atoms with Crippen molar-refractivity contribution in [3.63, 3.8) is 0 Å². The molecule has 1 aliphatic heterocycles. The first-order valence-electron chi connectivity index (χ1n) is 8.78. The highest BCUT2D eigenvalue weighted by Crippen LogP contribution is 2.31. The zero-order valence-electron chi connectivity index (χ0n) is 14.4. The summed E-state index contributed by atoms with van der Waals surface area (Å²) in [5.74, 6) is 0. The van der Waals surface area contributed by atoms with Crippen molar-refractivity contribution in [2.45, 2.75) is 45.6 Å². The Morgan fingerprint density at radius 3 is 2.79 bits per heavy atom. The number of benzene rings is 1. The van der Waals surface area contributed by atoms with Gasteiger partial charge in [0.05, 0.1) is 6.61 Å². The van der Waals surface area contributed by atoms with Crippen molar-refractivity contribution >= 4 is 32.9 Å². The molecule has 1 aliphatic rings. The standard InChI is InChI=1S/C19H25BrN2O2/c1-3-4-11-24-19(23)21-8-6-16(7-9-21)22-10-5-15-13-17(20)14(2)12-18(15)22/h5,10,12-13,16H,3-4,6-9,11H2,1-2H3. The molecule has 1 saturated heterocycles. The van der Waals surface area contributed by atoms with Crippen molar-refractivity contribution in [1.29, 1.82) is 0 Å². The van der Waals surface area contributed by atoms with Crippen LogP contribution in [-0.2, 0) is 4.74 Å². The summed E-state index contributed by atoms with van der Waals surface area (Å²) in [7, 11) is 0. The van der Waals surface area contributed by atoms with Crippen molar-refractivity contribution in [2.24, 2.45) is 0 Å². The van der Waals surface area contributed by atoms with E-state index in [0.29, 0.717) is 12.6 Å². The fourth-order valence-corrected chi connectivity index (χ4v) is 3.68. The Morgan fingerprint density at radius 1 is 1.33 bits per heavy atom. The molecule has 2 heterocycles. The van der Waals surface area contributed by atoms with Crippen LogP contribution in [0.15, 0.2) is 28.9 Å². The lowest BCUT2D eigenvalue weighted by atomic mass is 10.0. The molecule has 0 saturated carbocycles. The minimum absolute atomic E-state index is 0.154. The molecule has 1 aromatic heterocycles. The number of ether oxygens (including phenoxy) is 1. The van der Waals surface area contributed by atoms with E-state index in [1.165, 1.54) is 16.5 Å². The topological polar surface area (TPSA) is 34.5 Å². The smallest absolute Gasteiger partial charge is 0.409 e. The van der Waals surface area contributed by atoms with Gasteiger partial charge >= 0.3 is 6.09 Å². The first kappa shape index (κ1) is 17.3. The van der Waals surface area contributed by atoms with Crippen LogP contribution in [0.2, 0.25) is 0 Å². The molecule has 0 atom stereocenters. The minimum Gasteiger partial charge on any atom is -0.449 e. The highest BCUT2D eigenvalue weighted by Gasteiger charge is 2.25. The van der Waals surface area contributed by atoms with E-state index in [1.807, 2.05) is 4.90 Å². The second-order valence-corrected chi connectivity index (χ2v) is 7.42. The number of carbonyl (C=O) groups is 1. The Hall–Kier alpha value is -1.49. The van der Waals surface area contributed by atoms with Gasteiger partial charge in [-0.1, -0.05) is 29.3 Å². The Labute approximate surface area is 151 Å². The molecule has 1 aromatic carbocycles. The number of aryl methyl sites for hydroxylation is 1. The number of aromatic nitrogens is 1. The molecule has 1 fully saturated rings. The van der Waals surface area contributed by atoms with Crippen LogP contribution in [-0.4, -0.2) is 35.3 Å². The van der Waals surface area contributed by atoms with Gasteiger partial charge in [0.25, 0.3) is 0 Å². The molecule has 4 nitrogen and oxygen atoms in total. The normalized spacial score (nSPS) is 15.9. The van der Waals surface area contributed by atoms with Gasteiger partial charge in [-0.25, -0.2) is 4.79 Å². The molecule has 5 heteroatoms. The van der Waals surface area contributed by atoms with Gasteiger partial charge in [0.15, 0.2) is 0 Å². The molecule has 0 spiro atoms. The van der Waals surface area contributed by atoms with E-state index in [-0.39, 0.29) is 6.09 Å². The molecule has 2 aromatic rings. The Morgan fingerprint density at radius 2 is 2.08 bits per heavy atom. The van der Waals surface area contributed by atoms with Crippen LogP contribution >= 0.6 is 15.9 Å². The first-order chi connectivity index (χ1) is 11.6. The lowest BCUT2D eigenvalue weighted by Gasteiger charge is -2.32. The number of nitrogens with zero attached hydrogens (tertiary/aromatic N) is 2. The van der Waals surface area contributed by atoms with Gasteiger partial charge < -0.3 is 14.2 Å². The van der Waals surface area contributed by atoms with E-state index in [9.17, 15) is 4.79 Å². The lowest BCUT2D eigenvalue weighted by Crippen LogP contribution is -2.39. The summed E-state index contributed by atoms with van der Waals surface area (Å²) in [4.78, 5) is 13.9. The van der Waals surface area contributed by atoms with Crippen LogP contribution in [0.25, 0.3) is 10.9 Å². The van der Waals surface area contributed by atoms with Gasteiger partial charge in [0.1, 0.15) is 0 Å². The number of halogens is 1. The van der Waals surface area contributed by atoms with Crippen LogP contribution in [0.1, 0.15) is 44.2 Å². The average Bonchev–Trinajstić information content (AvgIpc) is 2.98.